The maximum absolute atomic E-state index is 12.8. The van der Waals surface area contributed by atoms with Gasteiger partial charge in [-0.05, 0) is 36.6 Å². The number of piperidine rings is 1. The standard InChI is InChI=1S/C20H22N2O3/c1-25-18-8-7-16(13-17(18)14-5-3-2-4-6-14)20(24)22-11-9-15(10-12-22)19(21)23/h2-8,13,15H,9-12H2,1H3,(H2,21,23). The second kappa shape index (κ2) is 7.38. The van der Waals surface area contributed by atoms with Crippen LogP contribution in [0.1, 0.15) is 23.2 Å². The molecule has 0 atom stereocenters. The molecule has 130 valence electrons. The lowest BCUT2D eigenvalue weighted by molar-refractivity contribution is -0.123. The number of carbonyl (C=O) groups is 2. The predicted octanol–water partition coefficient (Wildman–Crippen LogP) is 2.70. The van der Waals surface area contributed by atoms with Gasteiger partial charge < -0.3 is 15.4 Å². The molecule has 0 unspecified atom stereocenters. The number of nitrogens with zero attached hydrogens (tertiary/aromatic N) is 1. The van der Waals surface area contributed by atoms with E-state index in [1.807, 2.05) is 42.5 Å². The van der Waals surface area contributed by atoms with Crippen LogP contribution in [0.3, 0.4) is 0 Å². The van der Waals surface area contributed by atoms with Gasteiger partial charge in [-0.3, -0.25) is 9.59 Å². The highest BCUT2D eigenvalue weighted by Crippen LogP contribution is 2.31. The number of hydrogen-bond acceptors (Lipinski definition) is 3. The summed E-state index contributed by atoms with van der Waals surface area (Å²) in [6.07, 6.45) is 1.26. The van der Waals surface area contributed by atoms with Gasteiger partial charge in [0.1, 0.15) is 5.75 Å². The van der Waals surface area contributed by atoms with Crippen LogP contribution in [0, 0.1) is 5.92 Å². The Hall–Kier alpha value is -2.82. The fourth-order valence-corrected chi connectivity index (χ4v) is 3.23. The molecule has 3 rings (SSSR count). The van der Waals surface area contributed by atoms with Crippen molar-refractivity contribution in [1.29, 1.82) is 0 Å². The Labute approximate surface area is 147 Å². The number of benzene rings is 2. The molecule has 0 aliphatic carbocycles. The molecule has 1 fully saturated rings. The highest BCUT2D eigenvalue weighted by Gasteiger charge is 2.26. The molecule has 2 N–H and O–H groups in total. The minimum Gasteiger partial charge on any atom is -0.496 e. The van der Waals surface area contributed by atoms with Gasteiger partial charge in [0.05, 0.1) is 7.11 Å². The first-order valence-corrected chi connectivity index (χ1v) is 8.42. The molecule has 1 saturated heterocycles. The lowest BCUT2D eigenvalue weighted by atomic mass is 9.95. The van der Waals surface area contributed by atoms with E-state index >= 15 is 0 Å². The van der Waals surface area contributed by atoms with Crippen molar-refractivity contribution in [3.8, 4) is 16.9 Å². The summed E-state index contributed by atoms with van der Waals surface area (Å²) >= 11 is 0. The van der Waals surface area contributed by atoms with Crippen molar-refractivity contribution in [2.75, 3.05) is 20.2 Å². The summed E-state index contributed by atoms with van der Waals surface area (Å²) in [5, 5.41) is 0. The number of carbonyl (C=O) groups excluding carboxylic acids is 2. The summed E-state index contributed by atoms with van der Waals surface area (Å²) in [5.74, 6) is 0.306. The molecule has 5 heteroatoms. The quantitative estimate of drug-likeness (QED) is 0.931. The summed E-state index contributed by atoms with van der Waals surface area (Å²) in [4.78, 5) is 25.9. The topological polar surface area (TPSA) is 72.6 Å². The lowest BCUT2D eigenvalue weighted by Gasteiger charge is -2.30. The molecule has 0 spiro atoms. The third-order valence-corrected chi connectivity index (χ3v) is 4.72. The maximum atomic E-state index is 12.8. The molecule has 2 aromatic rings. The number of amides is 2. The van der Waals surface area contributed by atoms with Crippen LogP contribution in [-0.4, -0.2) is 36.9 Å². The van der Waals surface area contributed by atoms with E-state index < -0.39 is 0 Å². The van der Waals surface area contributed by atoms with Gasteiger partial charge in [-0.1, -0.05) is 30.3 Å². The van der Waals surface area contributed by atoms with Crippen molar-refractivity contribution < 1.29 is 14.3 Å². The van der Waals surface area contributed by atoms with Crippen molar-refractivity contribution in [1.82, 2.24) is 4.90 Å². The molecule has 25 heavy (non-hydrogen) atoms. The summed E-state index contributed by atoms with van der Waals surface area (Å²) in [5.41, 5.74) is 7.87. The average molecular weight is 338 g/mol. The van der Waals surface area contributed by atoms with Gasteiger partial charge in [0.15, 0.2) is 0 Å². The Kier molecular flexibility index (Phi) is 5.03. The summed E-state index contributed by atoms with van der Waals surface area (Å²) < 4.78 is 5.44. The smallest absolute Gasteiger partial charge is 0.253 e. The van der Waals surface area contributed by atoms with E-state index in [0.29, 0.717) is 31.5 Å². The molecule has 2 aromatic carbocycles. The Bertz CT molecular complexity index is 766. The number of nitrogens with two attached hydrogens (primary N) is 1. The normalized spacial score (nSPS) is 15.0. The first-order chi connectivity index (χ1) is 12.1. The zero-order chi connectivity index (χ0) is 17.8. The van der Waals surface area contributed by atoms with Crippen LogP contribution in [0.2, 0.25) is 0 Å². The van der Waals surface area contributed by atoms with Crippen LogP contribution in [0.4, 0.5) is 0 Å². The van der Waals surface area contributed by atoms with E-state index in [1.165, 1.54) is 0 Å². The van der Waals surface area contributed by atoms with Crippen LogP contribution in [0.5, 0.6) is 5.75 Å². The number of rotatable bonds is 4. The number of likely N-dealkylation sites (tertiary alicyclic amines) is 1. The zero-order valence-corrected chi connectivity index (χ0v) is 14.3. The van der Waals surface area contributed by atoms with E-state index in [9.17, 15) is 9.59 Å². The molecule has 1 aliphatic heterocycles. The van der Waals surface area contributed by atoms with Crippen LogP contribution in [-0.2, 0) is 4.79 Å². The van der Waals surface area contributed by atoms with Gasteiger partial charge in [0.2, 0.25) is 5.91 Å². The van der Waals surface area contributed by atoms with Crippen molar-refractivity contribution in [3.63, 3.8) is 0 Å². The largest absolute Gasteiger partial charge is 0.496 e. The fourth-order valence-electron chi connectivity index (χ4n) is 3.23. The number of methoxy groups -OCH3 is 1. The number of hydrogen-bond donors (Lipinski definition) is 1. The summed E-state index contributed by atoms with van der Waals surface area (Å²) in [7, 11) is 1.62. The molecule has 0 saturated carbocycles. The van der Waals surface area contributed by atoms with E-state index in [4.69, 9.17) is 10.5 Å². The molecule has 1 heterocycles. The molecule has 5 nitrogen and oxygen atoms in total. The Morgan fingerprint density at radius 1 is 1.08 bits per heavy atom. The first kappa shape index (κ1) is 17.0. The van der Waals surface area contributed by atoms with Crippen LogP contribution < -0.4 is 10.5 Å². The highest BCUT2D eigenvalue weighted by atomic mass is 16.5. The minimum atomic E-state index is -0.275. The zero-order valence-electron chi connectivity index (χ0n) is 14.3. The van der Waals surface area contributed by atoms with Gasteiger partial charge in [0, 0.05) is 30.1 Å². The second-order valence-electron chi connectivity index (χ2n) is 6.25. The number of primary amides is 1. The molecular weight excluding hydrogens is 316 g/mol. The van der Waals surface area contributed by atoms with Crippen LogP contribution in [0.25, 0.3) is 11.1 Å². The van der Waals surface area contributed by atoms with Gasteiger partial charge in [0.25, 0.3) is 5.91 Å². The monoisotopic (exact) mass is 338 g/mol. The maximum Gasteiger partial charge on any atom is 0.253 e. The Balaban J connectivity index is 1.83. The third kappa shape index (κ3) is 3.65. The van der Waals surface area contributed by atoms with Gasteiger partial charge >= 0.3 is 0 Å². The minimum absolute atomic E-state index is 0.0252. The van der Waals surface area contributed by atoms with Gasteiger partial charge in [-0.15, -0.1) is 0 Å². The molecule has 1 aliphatic rings. The molecule has 0 radical (unpaired) electrons. The lowest BCUT2D eigenvalue weighted by Crippen LogP contribution is -2.41. The van der Waals surface area contributed by atoms with Gasteiger partial charge in [-0.25, -0.2) is 0 Å². The van der Waals surface area contributed by atoms with Crippen molar-refractivity contribution in [3.05, 3.63) is 54.1 Å². The van der Waals surface area contributed by atoms with E-state index in [1.54, 1.807) is 18.1 Å². The van der Waals surface area contributed by atoms with Crippen LogP contribution >= 0.6 is 0 Å². The van der Waals surface area contributed by atoms with Crippen molar-refractivity contribution in [2.24, 2.45) is 11.7 Å². The van der Waals surface area contributed by atoms with E-state index in [0.717, 1.165) is 16.9 Å². The number of ether oxygens (including phenoxy) is 1. The van der Waals surface area contributed by atoms with Gasteiger partial charge in [-0.2, -0.15) is 0 Å². The summed E-state index contributed by atoms with van der Waals surface area (Å²) in [6.45, 7) is 1.11. The predicted molar refractivity (Wildman–Crippen MR) is 96.3 cm³/mol. The third-order valence-electron chi connectivity index (χ3n) is 4.72. The van der Waals surface area contributed by atoms with E-state index in [2.05, 4.69) is 0 Å². The average Bonchev–Trinajstić information content (AvgIpc) is 2.67. The molecule has 0 aromatic heterocycles. The fraction of sp³-hybridized carbons (Fsp3) is 0.300. The summed E-state index contributed by atoms with van der Waals surface area (Å²) in [6, 6.07) is 15.3. The van der Waals surface area contributed by atoms with Crippen molar-refractivity contribution >= 4 is 11.8 Å². The van der Waals surface area contributed by atoms with Crippen molar-refractivity contribution in [2.45, 2.75) is 12.8 Å². The molecular formula is C20H22N2O3. The first-order valence-electron chi connectivity index (χ1n) is 8.42. The molecule has 0 bridgehead atoms. The Morgan fingerprint density at radius 3 is 2.36 bits per heavy atom. The van der Waals surface area contributed by atoms with Crippen LogP contribution in [0.15, 0.2) is 48.5 Å². The molecule has 2 amide bonds. The second-order valence-corrected chi connectivity index (χ2v) is 6.25. The van der Waals surface area contributed by atoms with E-state index in [-0.39, 0.29) is 17.7 Å². The Morgan fingerprint density at radius 2 is 1.76 bits per heavy atom. The SMILES string of the molecule is COc1ccc(C(=O)N2CCC(C(N)=O)CC2)cc1-c1ccccc1. The highest BCUT2D eigenvalue weighted by molar-refractivity contribution is 5.96.